The minimum Gasteiger partial charge on any atom is -0.348 e. The zero-order valence-corrected chi connectivity index (χ0v) is 16.6. The minimum atomic E-state index is -3.96. The van der Waals surface area contributed by atoms with Crippen LogP contribution in [0.25, 0.3) is 0 Å². The predicted octanol–water partition coefficient (Wildman–Crippen LogP) is 3.77. The summed E-state index contributed by atoms with van der Waals surface area (Å²) in [6.45, 7) is 2.14. The van der Waals surface area contributed by atoms with Gasteiger partial charge in [0.1, 0.15) is 4.90 Å². The van der Waals surface area contributed by atoms with Gasteiger partial charge in [-0.25, -0.2) is 8.42 Å². The second-order valence-electron chi connectivity index (χ2n) is 6.16. The zero-order chi connectivity index (χ0) is 20.1. The van der Waals surface area contributed by atoms with E-state index in [9.17, 15) is 13.2 Å². The van der Waals surface area contributed by atoms with Crippen molar-refractivity contribution in [1.29, 1.82) is 0 Å². The number of sulfonamides is 1. The van der Waals surface area contributed by atoms with Crippen LogP contribution in [0.4, 0.5) is 5.69 Å². The van der Waals surface area contributed by atoms with Crippen LogP contribution in [0.3, 0.4) is 0 Å². The lowest BCUT2D eigenvalue weighted by molar-refractivity contribution is 0.0950. The van der Waals surface area contributed by atoms with Crippen molar-refractivity contribution < 1.29 is 13.2 Å². The molecule has 0 saturated carbocycles. The van der Waals surface area contributed by atoms with Gasteiger partial charge in [0, 0.05) is 30.2 Å². The van der Waals surface area contributed by atoms with Crippen molar-refractivity contribution in [3.05, 3.63) is 88.7 Å². The van der Waals surface area contributed by atoms with E-state index < -0.39 is 15.9 Å². The first-order chi connectivity index (χ1) is 13.3. The molecule has 0 bridgehead atoms. The number of rotatable bonds is 6. The lowest BCUT2D eigenvalue weighted by atomic mass is 10.2. The zero-order valence-electron chi connectivity index (χ0n) is 15.0. The molecule has 0 aliphatic carbocycles. The molecule has 3 aromatic rings. The Bertz CT molecular complexity index is 1100. The summed E-state index contributed by atoms with van der Waals surface area (Å²) in [6.07, 6.45) is 3.28. The molecule has 1 amide bonds. The number of benzene rings is 2. The second kappa shape index (κ2) is 8.41. The number of carbonyl (C=O) groups is 1. The Morgan fingerprint density at radius 1 is 1.11 bits per heavy atom. The van der Waals surface area contributed by atoms with E-state index in [1.54, 1.807) is 36.7 Å². The highest BCUT2D eigenvalue weighted by atomic mass is 35.5. The highest BCUT2D eigenvalue weighted by Crippen LogP contribution is 2.25. The molecule has 0 saturated heterocycles. The van der Waals surface area contributed by atoms with E-state index >= 15 is 0 Å². The van der Waals surface area contributed by atoms with E-state index in [-0.39, 0.29) is 22.0 Å². The number of pyridine rings is 1. The van der Waals surface area contributed by atoms with Crippen LogP contribution < -0.4 is 10.0 Å². The van der Waals surface area contributed by atoms with Crippen LogP contribution in [0, 0.1) is 6.92 Å². The Morgan fingerprint density at radius 2 is 1.93 bits per heavy atom. The van der Waals surface area contributed by atoms with Gasteiger partial charge in [0.05, 0.1) is 5.02 Å². The highest BCUT2D eigenvalue weighted by Gasteiger charge is 2.20. The van der Waals surface area contributed by atoms with Crippen molar-refractivity contribution in [3.8, 4) is 0 Å². The van der Waals surface area contributed by atoms with E-state index in [2.05, 4.69) is 15.0 Å². The van der Waals surface area contributed by atoms with Crippen molar-refractivity contribution in [2.45, 2.75) is 18.4 Å². The summed E-state index contributed by atoms with van der Waals surface area (Å²) in [5, 5.41) is 2.76. The van der Waals surface area contributed by atoms with Gasteiger partial charge in [0.25, 0.3) is 15.9 Å². The van der Waals surface area contributed by atoms with Crippen molar-refractivity contribution in [1.82, 2.24) is 10.3 Å². The number of halogens is 1. The average molecular weight is 416 g/mol. The van der Waals surface area contributed by atoms with Gasteiger partial charge in [-0.15, -0.1) is 0 Å². The number of aryl methyl sites for hydroxylation is 1. The molecule has 0 fully saturated rings. The van der Waals surface area contributed by atoms with Crippen molar-refractivity contribution in [3.63, 3.8) is 0 Å². The molecule has 8 heteroatoms. The third-order valence-electron chi connectivity index (χ3n) is 3.93. The fraction of sp³-hybridized carbons (Fsp3) is 0.100. The van der Waals surface area contributed by atoms with Gasteiger partial charge in [0.15, 0.2) is 0 Å². The molecular formula is C20H18ClN3O3S. The Balaban J connectivity index is 1.81. The van der Waals surface area contributed by atoms with Crippen LogP contribution in [0.1, 0.15) is 21.5 Å². The van der Waals surface area contributed by atoms with E-state index in [1.165, 1.54) is 18.2 Å². The normalized spacial score (nSPS) is 11.1. The molecule has 2 aromatic carbocycles. The van der Waals surface area contributed by atoms with Crippen LogP contribution in [0.5, 0.6) is 0 Å². The van der Waals surface area contributed by atoms with Crippen molar-refractivity contribution in [2.75, 3.05) is 4.72 Å². The monoisotopic (exact) mass is 415 g/mol. The first-order valence-corrected chi connectivity index (χ1v) is 10.3. The molecule has 144 valence electrons. The van der Waals surface area contributed by atoms with E-state index in [0.29, 0.717) is 5.69 Å². The lowest BCUT2D eigenvalue weighted by Crippen LogP contribution is -2.23. The number of amides is 1. The SMILES string of the molecule is Cc1cccc(NS(=O)(=O)c2cc(C(=O)NCc3cccnc3)ccc2Cl)c1. The number of nitrogens with zero attached hydrogens (tertiary/aromatic N) is 1. The van der Waals surface area contributed by atoms with Crippen LogP contribution in [-0.2, 0) is 16.6 Å². The van der Waals surface area contributed by atoms with Gasteiger partial charge in [-0.1, -0.05) is 29.8 Å². The molecule has 0 aliphatic heterocycles. The molecule has 1 aromatic heterocycles. The summed E-state index contributed by atoms with van der Waals surface area (Å²) in [4.78, 5) is 16.2. The summed E-state index contributed by atoms with van der Waals surface area (Å²) in [6, 6.07) is 14.7. The molecule has 0 atom stereocenters. The lowest BCUT2D eigenvalue weighted by Gasteiger charge is -2.12. The van der Waals surface area contributed by atoms with Gasteiger partial charge in [-0.05, 0) is 54.4 Å². The molecule has 0 spiro atoms. The molecule has 0 radical (unpaired) electrons. The third-order valence-corrected chi connectivity index (χ3v) is 5.79. The molecule has 6 nitrogen and oxygen atoms in total. The van der Waals surface area contributed by atoms with Crippen molar-refractivity contribution in [2.24, 2.45) is 0 Å². The topological polar surface area (TPSA) is 88.2 Å². The van der Waals surface area contributed by atoms with Gasteiger partial charge >= 0.3 is 0 Å². The largest absolute Gasteiger partial charge is 0.348 e. The summed E-state index contributed by atoms with van der Waals surface area (Å²) in [7, 11) is -3.96. The minimum absolute atomic E-state index is 0.0314. The fourth-order valence-electron chi connectivity index (χ4n) is 2.56. The number of hydrogen-bond donors (Lipinski definition) is 2. The second-order valence-corrected chi connectivity index (χ2v) is 8.22. The van der Waals surface area contributed by atoms with Crippen LogP contribution in [0.15, 0.2) is 71.9 Å². The van der Waals surface area contributed by atoms with E-state index in [0.717, 1.165) is 11.1 Å². The van der Waals surface area contributed by atoms with Gasteiger partial charge in [-0.2, -0.15) is 0 Å². The van der Waals surface area contributed by atoms with Gasteiger partial charge in [0.2, 0.25) is 0 Å². The van der Waals surface area contributed by atoms with E-state index in [1.807, 2.05) is 19.1 Å². The Labute approximate surface area is 168 Å². The molecule has 0 aliphatic rings. The Hall–Kier alpha value is -2.90. The Kier molecular flexibility index (Phi) is 5.96. The number of nitrogens with one attached hydrogen (secondary N) is 2. The van der Waals surface area contributed by atoms with Gasteiger partial charge < -0.3 is 5.32 Å². The summed E-state index contributed by atoms with van der Waals surface area (Å²) >= 11 is 6.10. The number of carbonyl (C=O) groups excluding carboxylic acids is 1. The average Bonchev–Trinajstić information content (AvgIpc) is 2.67. The molecule has 3 rings (SSSR count). The molecule has 1 heterocycles. The van der Waals surface area contributed by atoms with Gasteiger partial charge in [-0.3, -0.25) is 14.5 Å². The highest BCUT2D eigenvalue weighted by molar-refractivity contribution is 7.92. The molecular weight excluding hydrogens is 398 g/mol. The maximum Gasteiger partial charge on any atom is 0.263 e. The number of anilines is 1. The maximum atomic E-state index is 12.8. The number of hydrogen-bond acceptors (Lipinski definition) is 4. The molecule has 28 heavy (non-hydrogen) atoms. The fourth-order valence-corrected chi connectivity index (χ4v) is 4.13. The smallest absolute Gasteiger partial charge is 0.263 e. The quantitative estimate of drug-likeness (QED) is 0.641. The van der Waals surface area contributed by atoms with Crippen LogP contribution in [-0.4, -0.2) is 19.3 Å². The summed E-state index contributed by atoms with van der Waals surface area (Å²) < 4.78 is 28.0. The van der Waals surface area contributed by atoms with Crippen molar-refractivity contribution >= 4 is 33.2 Å². The summed E-state index contributed by atoms with van der Waals surface area (Å²) in [5.41, 5.74) is 2.36. The maximum absolute atomic E-state index is 12.8. The molecule has 2 N–H and O–H groups in total. The van der Waals surface area contributed by atoms with Crippen LogP contribution >= 0.6 is 11.6 Å². The standard InChI is InChI=1S/C20H18ClN3O3S/c1-14-4-2-6-17(10-14)24-28(26,27)19-11-16(7-8-18(19)21)20(25)23-13-15-5-3-9-22-12-15/h2-12,24H,13H2,1H3,(H,23,25). The first kappa shape index (κ1) is 19.9. The first-order valence-electron chi connectivity index (χ1n) is 8.41. The Morgan fingerprint density at radius 3 is 2.64 bits per heavy atom. The predicted molar refractivity (Wildman–Crippen MR) is 109 cm³/mol. The summed E-state index contributed by atoms with van der Waals surface area (Å²) in [5.74, 6) is -0.410. The third kappa shape index (κ3) is 4.88. The van der Waals surface area contributed by atoms with E-state index in [4.69, 9.17) is 11.6 Å². The number of aromatic nitrogens is 1. The molecule has 0 unspecified atom stereocenters. The van der Waals surface area contributed by atoms with Crippen LogP contribution in [0.2, 0.25) is 5.02 Å².